The Bertz CT molecular complexity index is 7710. The molecule has 117 heavy (non-hydrogen) atoms. The van der Waals surface area contributed by atoms with E-state index in [4.69, 9.17) is 29.9 Å². The molecule has 2 unspecified atom stereocenters. The smallest absolute Gasteiger partial charge is 0.238 e. The predicted octanol–water partition coefficient (Wildman–Crippen LogP) is 26.4. The van der Waals surface area contributed by atoms with Gasteiger partial charge in [0, 0.05) is 63.4 Å². The molecule has 3 aliphatic carbocycles. The van der Waals surface area contributed by atoms with Crippen LogP contribution in [0.3, 0.4) is 0 Å². The Balaban J connectivity index is 0.672. The van der Waals surface area contributed by atoms with Gasteiger partial charge in [0.1, 0.15) is 0 Å². The zero-order chi connectivity index (χ0) is 76.8. The van der Waals surface area contributed by atoms with E-state index >= 15 is 0 Å². The van der Waals surface area contributed by atoms with E-state index < -0.39 is 10.8 Å². The molecule has 8 nitrogen and oxygen atoms in total. The lowest BCUT2D eigenvalue weighted by molar-refractivity contribution is 0.723. The van der Waals surface area contributed by atoms with E-state index in [1.54, 1.807) is 0 Å². The first-order valence-corrected chi connectivity index (χ1v) is 41.7. The van der Waals surface area contributed by atoms with Crippen molar-refractivity contribution in [3.05, 3.63) is 420 Å². The number of hydrogen-bond donors (Lipinski definition) is 0. The van der Waals surface area contributed by atoms with Crippen molar-refractivity contribution in [2.45, 2.75) is 43.8 Å². The van der Waals surface area contributed by atoms with Gasteiger partial charge < -0.3 is 0 Å². The van der Waals surface area contributed by atoms with Gasteiger partial charge in [-0.15, -0.1) is 0 Å². The normalized spacial score (nSPS) is 15.8. The molecule has 16 aromatic carbocycles. The molecule has 2 aliphatic heterocycles. The molecule has 25 rings (SSSR count). The van der Waals surface area contributed by atoms with Crippen LogP contribution in [0.4, 0.5) is 0 Å². The fourth-order valence-electron chi connectivity index (χ4n) is 20.3. The monoisotopic (exact) mass is 1530 g/mol. The van der Waals surface area contributed by atoms with E-state index in [0.717, 1.165) is 89.2 Å². The summed E-state index contributed by atoms with van der Waals surface area (Å²) >= 11 is 3.75. The molecule has 10 heteroatoms. The van der Waals surface area contributed by atoms with Crippen LogP contribution in [-0.2, 0) is 10.8 Å². The first-order chi connectivity index (χ1) is 57.9. The zero-order valence-electron chi connectivity index (χ0n) is 63.3. The number of fused-ring (bicyclic) bond motifs is 28. The summed E-state index contributed by atoms with van der Waals surface area (Å²) in [6, 6.07) is 129. The zero-order valence-corrected chi connectivity index (χ0v) is 65.0. The van der Waals surface area contributed by atoms with Crippen molar-refractivity contribution in [3.63, 3.8) is 0 Å². The summed E-state index contributed by atoms with van der Waals surface area (Å²) in [6.45, 7) is 2.32. The van der Waals surface area contributed by atoms with Crippen LogP contribution in [0.25, 0.3) is 156 Å². The van der Waals surface area contributed by atoms with Crippen molar-refractivity contribution in [1.29, 1.82) is 0 Å². The van der Waals surface area contributed by atoms with Gasteiger partial charge >= 0.3 is 0 Å². The van der Waals surface area contributed by atoms with Crippen LogP contribution in [0.5, 0.6) is 0 Å². The van der Waals surface area contributed by atoms with Gasteiger partial charge in [-0.3, -0.25) is 9.13 Å². The molecule has 0 saturated carbocycles. The summed E-state index contributed by atoms with van der Waals surface area (Å²) in [6.07, 6.45) is 5.58. The average Bonchev–Trinajstić information content (AvgIpc) is 1.53. The van der Waals surface area contributed by atoms with Crippen molar-refractivity contribution in [3.8, 4) is 79.4 Å². The molecule has 0 N–H and O–H groups in total. The molecule has 5 aliphatic rings. The predicted molar refractivity (Wildman–Crippen MR) is 478 cm³/mol. The van der Waals surface area contributed by atoms with Gasteiger partial charge in [0.25, 0.3) is 0 Å². The Morgan fingerprint density at radius 1 is 0.282 bits per heavy atom. The third-order valence-corrected chi connectivity index (χ3v) is 27.7. The number of aromatic nitrogens is 8. The van der Waals surface area contributed by atoms with Gasteiger partial charge in [0.15, 0.2) is 23.3 Å². The topological polar surface area (TPSA) is 87.2 Å². The highest BCUT2D eigenvalue weighted by atomic mass is 32.2. The molecule has 0 amide bonds. The lowest BCUT2D eigenvalue weighted by atomic mass is 9.67. The Morgan fingerprint density at radius 3 is 1.18 bits per heavy atom. The van der Waals surface area contributed by atoms with Crippen molar-refractivity contribution in [1.82, 2.24) is 39.0 Å². The molecular weight excluding hydrogens is 1460 g/mol. The van der Waals surface area contributed by atoms with Crippen LogP contribution in [0.15, 0.2) is 384 Å². The maximum absolute atomic E-state index is 5.83. The van der Waals surface area contributed by atoms with Crippen molar-refractivity contribution in [2.24, 2.45) is 5.92 Å². The van der Waals surface area contributed by atoms with Crippen molar-refractivity contribution in [2.75, 3.05) is 0 Å². The van der Waals surface area contributed by atoms with Crippen molar-refractivity contribution < 1.29 is 0 Å². The Labute approximate surface area is 683 Å². The van der Waals surface area contributed by atoms with Crippen LogP contribution in [0.2, 0.25) is 0 Å². The Hall–Kier alpha value is -14.2. The van der Waals surface area contributed by atoms with Gasteiger partial charge in [-0.05, 0) is 184 Å². The highest BCUT2D eigenvalue weighted by Crippen LogP contribution is 2.66. The van der Waals surface area contributed by atoms with E-state index in [1.165, 1.54) is 113 Å². The maximum atomic E-state index is 5.83. The maximum Gasteiger partial charge on any atom is 0.238 e. The van der Waals surface area contributed by atoms with Gasteiger partial charge in [-0.25, -0.2) is 9.97 Å². The van der Waals surface area contributed by atoms with Crippen LogP contribution < -0.4 is 0 Å². The fraction of sp³-hybridized carbons (Fsp3) is 0.0467. The molecule has 4 aromatic heterocycles. The molecule has 6 heterocycles. The van der Waals surface area contributed by atoms with E-state index in [9.17, 15) is 0 Å². The van der Waals surface area contributed by atoms with Gasteiger partial charge in [-0.1, -0.05) is 334 Å². The third-order valence-electron chi connectivity index (χ3n) is 25.4. The molecule has 2 atom stereocenters. The second-order valence-electron chi connectivity index (χ2n) is 31.5. The van der Waals surface area contributed by atoms with Gasteiger partial charge in [-0.2, -0.15) is 19.9 Å². The molecule has 0 radical (unpaired) electrons. The number of rotatable bonds is 8. The van der Waals surface area contributed by atoms with Gasteiger partial charge in [0.05, 0.1) is 32.9 Å². The lowest BCUT2D eigenvalue weighted by Crippen LogP contribution is -2.32. The number of benzene rings is 16. The molecule has 0 fully saturated rings. The highest BCUT2D eigenvalue weighted by Gasteiger charge is 2.53. The lowest BCUT2D eigenvalue weighted by Gasteiger charge is -2.39. The number of hydrogen-bond acceptors (Lipinski definition) is 8. The van der Waals surface area contributed by atoms with Gasteiger partial charge in [0.2, 0.25) is 11.9 Å². The van der Waals surface area contributed by atoms with E-state index in [0.29, 0.717) is 35.2 Å². The second-order valence-corrected chi connectivity index (χ2v) is 33.7. The van der Waals surface area contributed by atoms with Crippen LogP contribution in [-0.4, -0.2) is 39.0 Å². The molecule has 0 saturated heterocycles. The minimum atomic E-state index is -0.737. The summed E-state index contributed by atoms with van der Waals surface area (Å²) < 4.78 is 4.67. The van der Waals surface area contributed by atoms with E-state index in [1.807, 2.05) is 29.6 Å². The number of nitrogens with zero attached hydrogens (tertiary/aromatic N) is 8. The summed E-state index contributed by atoms with van der Waals surface area (Å²) in [7, 11) is 0. The second kappa shape index (κ2) is 25.4. The quantitative estimate of drug-likeness (QED) is 0.149. The van der Waals surface area contributed by atoms with E-state index in [-0.39, 0.29) is 5.92 Å². The highest BCUT2D eigenvalue weighted by molar-refractivity contribution is 7.99. The SMILES string of the molecule is CC1CC=C(c2ccc3c(c2)-c2ccccc2C32c3ccccc3Sc3cc4c5c6ccccc6ccc5n(-c5nc(-c6ccccc6)nc(-c6ccc(-c7ccccc7)cc6)n5)c4cc32)C=C1c1nc(-c2ccccc2)nc(-n2c3cc4c(cc3c3c5ccccc5ccc32)Sc2ccccc2C42c3ccccc3-c3ccccc32)n1. The molecule has 2 spiro atoms. The largest absolute Gasteiger partial charge is 0.278 e. The van der Waals surface area contributed by atoms with Crippen LogP contribution in [0.1, 0.15) is 69.2 Å². The minimum Gasteiger partial charge on any atom is -0.278 e. The Morgan fingerprint density at radius 2 is 0.667 bits per heavy atom. The Kier molecular flexibility index (Phi) is 14.4. The summed E-state index contributed by atoms with van der Waals surface area (Å²) in [4.78, 5) is 38.4. The van der Waals surface area contributed by atoms with E-state index in [2.05, 4.69) is 374 Å². The molecule has 0 bridgehead atoms. The third kappa shape index (κ3) is 9.62. The molecule has 20 aromatic rings. The average molecular weight is 1530 g/mol. The van der Waals surface area contributed by atoms with Crippen LogP contribution in [0, 0.1) is 5.92 Å². The summed E-state index contributed by atoms with van der Waals surface area (Å²) in [5, 5.41) is 9.29. The summed E-state index contributed by atoms with van der Waals surface area (Å²) in [5.41, 5.74) is 26.1. The van der Waals surface area contributed by atoms with Crippen molar-refractivity contribution >= 4 is 99.8 Å². The molecular formula is C107H66N8S2. The first kappa shape index (κ1) is 66.3. The van der Waals surface area contributed by atoms with Crippen LogP contribution >= 0.6 is 23.5 Å². The number of allylic oxidation sites excluding steroid dienone is 4. The molecule has 546 valence electrons. The summed E-state index contributed by atoms with van der Waals surface area (Å²) in [5.74, 6) is 3.64. The standard InChI is InChI=1S/C107H66N8S2/c1-63-45-46-71(57-78(63)103-109-101(69-31-9-4-10-32-69)111-105(113-103)115-91-56-53-67-28-12-14-34-74(67)99(91)81-59-96-88(61-93(81)115)106(86-41-21-23-43-94(86)116-96)82-38-18-15-35-75(82)76-36-16-19-39-83(76)106)72-51-54-85-79(58-72)77-37-17-20-40-84(77)107(85)87-42-22-24-44-95(87)117-97-60-80-92(62-89(97)107)114(90-55-52-66-27-11-13-33-73(66)98(80)90)104-110-100(68-29-7-3-8-30-68)108-102(112-104)70-49-47-65(48-50-70)64-25-5-2-6-26-64/h2-44,46-63H,45H2,1H3. The minimum absolute atomic E-state index is 0.0679. The fourth-order valence-corrected chi connectivity index (χ4v) is 22.7. The first-order valence-electron chi connectivity index (χ1n) is 40.1.